The van der Waals surface area contributed by atoms with Crippen molar-refractivity contribution in [2.24, 2.45) is 0 Å². The summed E-state index contributed by atoms with van der Waals surface area (Å²) in [6, 6.07) is 3.40. The lowest BCUT2D eigenvalue weighted by molar-refractivity contribution is 0.0827. The van der Waals surface area contributed by atoms with Crippen molar-refractivity contribution in [1.29, 1.82) is 0 Å². The van der Waals surface area contributed by atoms with E-state index in [1.165, 1.54) is 4.90 Å². The fourth-order valence-corrected chi connectivity index (χ4v) is 1.54. The Morgan fingerprint density at radius 1 is 1.47 bits per heavy atom. The molecule has 3 nitrogen and oxygen atoms in total. The van der Waals surface area contributed by atoms with Crippen LogP contribution in [0.3, 0.4) is 0 Å². The summed E-state index contributed by atoms with van der Waals surface area (Å²) < 4.78 is 0. The molecule has 0 spiro atoms. The zero-order chi connectivity index (χ0) is 11.4. The van der Waals surface area contributed by atoms with Crippen molar-refractivity contribution in [1.82, 2.24) is 9.88 Å². The first-order chi connectivity index (χ1) is 7.04. The largest absolute Gasteiger partial charge is 0.345 e. The second-order valence-electron chi connectivity index (χ2n) is 3.62. The van der Waals surface area contributed by atoms with Crippen molar-refractivity contribution in [2.75, 3.05) is 14.1 Å². The van der Waals surface area contributed by atoms with Gasteiger partial charge in [-0.2, -0.15) is 0 Å². The normalized spacial score (nSPS) is 10.1. The standard InChI is InChI=1S/C11H15ClN2O/c1-4-5-9-6-8(7-10(12)13-9)11(15)14(2)3/h6-7H,4-5H2,1-3H3. The molecule has 4 heteroatoms. The minimum absolute atomic E-state index is 0.0448. The van der Waals surface area contributed by atoms with E-state index in [9.17, 15) is 4.79 Å². The molecule has 1 heterocycles. The average Bonchev–Trinajstić information content (AvgIpc) is 2.16. The third kappa shape index (κ3) is 3.20. The van der Waals surface area contributed by atoms with Crippen LogP contribution < -0.4 is 0 Å². The summed E-state index contributed by atoms with van der Waals surface area (Å²) in [5.74, 6) is -0.0448. The third-order valence-electron chi connectivity index (χ3n) is 2.01. The summed E-state index contributed by atoms with van der Waals surface area (Å²) in [6.45, 7) is 2.07. The Balaban J connectivity index is 3.03. The minimum atomic E-state index is -0.0448. The number of carbonyl (C=O) groups is 1. The van der Waals surface area contributed by atoms with E-state index in [0.717, 1.165) is 18.5 Å². The van der Waals surface area contributed by atoms with E-state index in [0.29, 0.717) is 10.7 Å². The number of hydrogen-bond donors (Lipinski definition) is 0. The van der Waals surface area contributed by atoms with Crippen molar-refractivity contribution in [3.63, 3.8) is 0 Å². The number of hydrogen-bond acceptors (Lipinski definition) is 2. The molecule has 0 saturated carbocycles. The van der Waals surface area contributed by atoms with E-state index < -0.39 is 0 Å². The summed E-state index contributed by atoms with van der Waals surface area (Å²) in [5.41, 5.74) is 1.47. The van der Waals surface area contributed by atoms with Crippen molar-refractivity contribution >= 4 is 17.5 Å². The van der Waals surface area contributed by atoms with Crippen molar-refractivity contribution in [2.45, 2.75) is 19.8 Å². The molecule has 1 rings (SSSR count). The van der Waals surface area contributed by atoms with E-state index in [4.69, 9.17) is 11.6 Å². The molecule has 0 N–H and O–H groups in total. The van der Waals surface area contributed by atoms with Crippen LogP contribution in [0.2, 0.25) is 5.15 Å². The Morgan fingerprint density at radius 3 is 2.67 bits per heavy atom. The Morgan fingerprint density at radius 2 is 2.13 bits per heavy atom. The molecule has 0 bridgehead atoms. The number of aromatic nitrogens is 1. The van der Waals surface area contributed by atoms with Gasteiger partial charge in [-0.05, 0) is 18.6 Å². The maximum atomic E-state index is 11.7. The van der Waals surface area contributed by atoms with Gasteiger partial charge in [0.15, 0.2) is 0 Å². The third-order valence-corrected chi connectivity index (χ3v) is 2.20. The van der Waals surface area contributed by atoms with Gasteiger partial charge in [-0.1, -0.05) is 24.9 Å². The molecular formula is C11H15ClN2O. The smallest absolute Gasteiger partial charge is 0.253 e. The van der Waals surface area contributed by atoms with E-state index in [1.807, 2.05) is 0 Å². The quantitative estimate of drug-likeness (QED) is 0.742. The maximum absolute atomic E-state index is 11.7. The van der Waals surface area contributed by atoms with Gasteiger partial charge in [0.25, 0.3) is 5.91 Å². The topological polar surface area (TPSA) is 33.2 Å². The van der Waals surface area contributed by atoms with Crippen LogP contribution in [0, 0.1) is 0 Å². The number of halogens is 1. The highest BCUT2D eigenvalue weighted by Gasteiger charge is 2.10. The first-order valence-electron chi connectivity index (χ1n) is 4.92. The monoisotopic (exact) mass is 226 g/mol. The van der Waals surface area contributed by atoms with E-state index >= 15 is 0 Å². The summed E-state index contributed by atoms with van der Waals surface area (Å²) in [4.78, 5) is 17.4. The van der Waals surface area contributed by atoms with Gasteiger partial charge in [0.05, 0.1) is 0 Å². The van der Waals surface area contributed by atoms with Crippen LogP contribution in [-0.4, -0.2) is 29.9 Å². The highest BCUT2D eigenvalue weighted by Crippen LogP contribution is 2.13. The fraction of sp³-hybridized carbons (Fsp3) is 0.455. The Labute approximate surface area is 95.1 Å². The molecule has 0 aliphatic carbocycles. The van der Waals surface area contributed by atoms with Crippen LogP contribution in [0.5, 0.6) is 0 Å². The molecule has 15 heavy (non-hydrogen) atoms. The molecule has 0 fully saturated rings. The molecular weight excluding hydrogens is 212 g/mol. The van der Waals surface area contributed by atoms with Gasteiger partial charge in [-0.3, -0.25) is 4.79 Å². The Kier molecular flexibility index (Phi) is 4.09. The van der Waals surface area contributed by atoms with Crippen molar-refractivity contribution in [3.05, 3.63) is 28.5 Å². The van der Waals surface area contributed by atoms with Gasteiger partial charge in [0, 0.05) is 25.4 Å². The lowest BCUT2D eigenvalue weighted by Gasteiger charge is -2.11. The molecule has 0 atom stereocenters. The second kappa shape index (κ2) is 5.12. The number of aryl methyl sites for hydroxylation is 1. The summed E-state index contributed by atoms with van der Waals surface area (Å²) in [7, 11) is 3.44. The zero-order valence-corrected chi connectivity index (χ0v) is 10.0. The molecule has 1 aromatic heterocycles. The molecule has 1 aromatic rings. The number of carbonyl (C=O) groups excluding carboxylic acids is 1. The average molecular weight is 227 g/mol. The van der Waals surface area contributed by atoms with E-state index in [2.05, 4.69) is 11.9 Å². The number of pyridine rings is 1. The molecule has 1 amide bonds. The van der Waals surface area contributed by atoms with Crippen molar-refractivity contribution in [3.8, 4) is 0 Å². The number of nitrogens with zero attached hydrogens (tertiary/aromatic N) is 2. The van der Waals surface area contributed by atoms with Crippen LogP contribution in [0.4, 0.5) is 0 Å². The van der Waals surface area contributed by atoms with Gasteiger partial charge in [0.2, 0.25) is 0 Å². The Hall–Kier alpha value is -1.09. The summed E-state index contributed by atoms with van der Waals surface area (Å²) >= 11 is 5.85. The van der Waals surface area contributed by atoms with Crippen LogP contribution >= 0.6 is 11.6 Å². The molecule has 82 valence electrons. The summed E-state index contributed by atoms with van der Waals surface area (Å²) in [5, 5.41) is 0.381. The summed E-state index contributed by atoms with van der Waals surface area (Å²) in [6.07, 6.45) is 1.83. The molecule has 0 aromatic carbocycles. The first kappa shape index (κ1) is 12.0. The predicted molar refractivity (Wildman–Crippen MR) is 61.3 cm³/mol. The van der Waals surface area contributed by atoms with Crippen LogP contribution in [0.1, 0.15) is 29.4 Å². The molecule has 0 aliphatic heterocycles. The molecule has 0 aliphatic rings. The van der Waals surface area contributed by atoms with E-state index in [1.54, 1.807) is 26.2 Å². The SMILES string of the molecule is CCCc1cc(C(=O)N(C)C)cc(Cl)n1. The zero-order valence-electron chi connectivity index (χ0n) is 9.25. The lowest BCUT2D eigenvalue weighted by Crippen LogP contribution is -2.22. The fourth-order valence-electron chi connectivity index (χ4n) is 1.32. The number of amides is 1. The molecule has 0 saturated heterocycles. The minimum Gasteiger partial charge on any atom is -0.345 e. The number of rotatable bonds is 3. The second-order valence-corrected chi connectivity index (χ2v) is 4.01. The van der Waals surface area contributed by atoms with Gasteiger partial charge in [-0.15, -0.1) is 0 Å². The van der Waals surface area contributed by atoms with E-state index in [-0.39, 0.29) is 5.91 Å². The molecule has 0 radical (unpaired) electrons. The van der Waals surface area contributed by atoms with Gasteiger partial charge >= 0.3 is 0 Å². The predicted octanol–water partition coefficient (Wildman–Crippen LogP) is 2.39. The van der Waals surface area contributed by atoms with Crippen LogP contribution in [-0.2, 0) is 6.42 Å². The highest BCUT2D eigenvalue weighted by molar-refractivity contribution is 6.29. The van der Waals surface area contributed by atoms with Crippen molar-refractivity contribution < 1.29 is 4.79 Å². The van der Waals surface area contributed by atoms with Gasteiger partial charge < -0.3 is 4.90 Å². The van der Waals surface area contributed by atoms with Crippen LogP contribution in [0.15, 0.2) is 12.1 Å². The van der Waals surface area contributed by atoms with Gasteiger partial charge in [-0.25, -0.2) is 4.98 Å². The lowest BCUT2D eigenvalue weighted by atomic mass is 10.1. The highest BCUT2D eigenvalue weighted by atomic mass is 35.5. The Bertz CT molecular complexity index is 364. The molecule has 0 unspecified atom stereocenters. The van der Waals surface area contributed by atoms with Gasteiger partial charge in [0.1, 0.15) is 5.15 Å². The van der Waals surface area contributed by atoms with Crippen LogP contribution in [0.25, 0.3) is 0 Å². The first-order valence-corrected chi connectivity index (χ1v) is 5.30. The maximum Gasteiger partial charge on any atom is 0.253 e.